The van der Waals surface area contributed by atoms with Gasteiger partial charge >= 0.3 is 0 Å². The number of aromatic nitrogens is 2. The van der Waals surface area contributed by atoms with Crippen molar-refractivity contribution in [3.05, 3.63) is 47.0 Å². The molecule has 1 N–H and O–H groups in total. The highest BCUT2D eigenvalue weighted by Gasteiger charge is 2.12. The predicted molar refractivity (Wildman–Crippen MR) is 108 cm³/mol. The zero-order valence-corrected chi connectivity index (χ0v) is 16.3. The molecule has 2 aromatic heterocycles. The Bertz CT molecular complexity index is 976. The zero-order valence-electron chi connectivity index (χ0n) is 15.5. The topological polar surface area (TPSA) is 73.2 Å². The first-order valence-corrected chi connectivity index (χ1v) is 9.84. The smallest absolute Gasteiger partial charge is 0.271 e. The Balaban J connectivity index is 1.78. The van der Waals surface area contributed by atoms with Gasteiger partial charge in [-0.1, -0.05) is 19.8 Å². The molecular formula is C20H23N3O3S. The fraction of sp³-hybridized carbons (Fsp3) is 0.350. The summed E-state index contributed by atoms with van der Waals surface area (Å²) in [5, 5.41) is 2.85. The largest absolute Gasteiger partial charge is 0.497 e. The van der Waals surface area contributed by atoms with Crippen molar-refractivity contribution in [1.82, 2.24) is 14.9 Å². The maximum Gasteiger partial charge on any atom is 0.271 e. The molecule has 0 radical (unpaired) electrons. The third-order valence-electron chi connectivity index (χ3n) is 4.29. The summed E-state index contributed by atoms with van der Waals surface area (Å²) in [6.07, 6.45) is 4.58. The first-order valence-electron chi connectivity index (χ1n) is 9.02. The van der Waals surface area contributed by atoms with Gasteiger partial charge < -0.3 is 10.1 Å². The van der Waals surface area contributed by atoms with Gasteiger partial charge in [0.05, 0.1) is 19.0 Å². The maximum atomic E-state index is 12.7. The van der Waals surface area contributed by atoms with E-state index in [1.165, 1.54) is 22.2 Å². The molecule has 7 heteroatoms. The van der Waals surface area contributed by atoms with Crippen LogP contribution in [0.5, 0.6) is 5.75 Å². The molecule has 1 aromatic carbocycles. The molecule has 0 fully saturated rings. The Morgan fingerprint density at radius 1 is 1.26 bits per heavy atom. The second-order valence-electron chi connectivity index (χ2n) is 6.29. The van der Waals surface area contributed by atoms with Crippen molar-refractivity contribution in [2.45, 2.75) is 32.7 Å². The van der Waals surface area contributed by atoms with Crippen molar-refractivity contribution < 1.29 is 9.53 Å². The van der Waals surface area contributed by atoms with Crippen LogP contribution in [-0.2, 0) is 11.3 Å². The molecule has 142 valence electrons. The third kappa shape index (κ3) is 4.54. The molecule has 3 aromatic rings. The molecule has 1 amide bonds. The second kappa shape index (κ2) is 8.81. The van der Waals surface area contributed by atoms with E-state index in [4.69, 9.17) is 4.74 Å². The summed E-state index contributed by atoms with van der Waals surface area (Å²) in [7, 11) is 1.63. The SMILES string of the molecule is CCCCCNC(=O)Cn1cnc2cc(-c3ccc(OC)cc3)sc2c1=O. The number of hydrogen-bond acceptors (Lipinski definition) is 5. The van der Waals surface area contributed by atoms with Crippen LogP contribution >= 0.6 is 11.3 Å². The van der Waals surface area contributed by atoms with Crippen LogP contribution in [0.4, 0.5) is 0 Å². The summed E-state index contributed by atoms with van der Waals surface area (Å²) in [5.74, 6) is 0.617. The molecule has 0 saturated heterocycles. The van der Waals surface area contributed by atoms with Crippen LogP contribution in [0.2, 0.25) is 0 Å². The minimum absolute atomic E-state index is 0.0103. The standard InChI is InChI=1S/C20H23N3O3S/c1-3-4-5-10-21-18(24)12-23-13-22-16-11-17(27-19(16)20(23)25)14-6-8-15(26-2)9-7-14/h6-9,11,13H,3-5,10,12H2,1-2H3,(H,21,24). The van der Waals surface area contributed by atoms with Gasteiger partial charge in [0.15, 0.2) is 0 Å². The number of carbonyl (C=O) groups is 1. The third-order valence-corrected chi connectivity index (χ3v) is 5.46. The van der Waals surface area contributed by atoms with Crippen molar-refractivity contribution in [2.24, 2.45) is 0 Å². The Kier molecular flexibility index (Phi) is 6.24. The van der Waals surface area contributed by atoms with E-state index in [0.29, 0.717) is 16.8 Å². The molecule has 0 aliphatic rings. The lowest BCUT2D eigenvalue weighted by Gasteiger charge is -2.06. The quantitative estimate of drug-likeness (QED) is 0.603. The fourth-order valence-corrected chi connectivity index (χ4v) is 3.83. The number of unbranched alkanes of at least 4 members (excludes halogenated alkanes) is 2. The van der Waals surface area contributed by atoms with E-state index in [9.17, 15) is 9.59 Å². The lowest BCUT2D eigenvalue weighted by Crippen LogP contribution is -2.32. The van der Waals surface area contributed by atoms with Crippen LogP contribution in [0.3, 0.4) is 0 Å². The number of ether oxygens (including phenoxy) is 1. The van der Waals surface area contributed by atoms with E-state index in [2.05, 4.69) is 17.2 Å². The molecular weight excluding hydrogens is 362 g/mol. The summed E-state index contributed by atoms with van der Waals surface area (Å²) in [6, 6.07) is 9.57. The highest BCUT2D eigenvalue weighted by Crippen LogP contribution is 2.31. The summed E-state index contributed by atoms with van der Waals surface area (Å²) in [4.78, 5) is 30.1. The average molecular weight is 385 g/mol. The van der Waals surface area contributed by atoms with Crippen molar-refractivity contribution >= 4 is 27.5 Å². The maximum absolute atomic E-state index is 12.7. The summed E-state index contributed by atoms with van der Waals surface area (Å²) in [6.45, 7) is 2.74. The van der Waals surface area contributed by atoms with Crippen LogP contribution in [0.1, 0.15) is 26.2 Å². The normalized spacial score (nSPS) is 10.9. The molecule has 27 heavy (non-hydrogen) atoms. The van der Waals surface area contributed by atoms with Gasteiger partial charge in [0, 0.05) is 11.4 Å². The highest BCUT2D eigenvalue weighted by atomic mass is 32.1. The Labute approximate surface area is 161 Å². The van der Waals surface area contributed by atoms with Crippen LogP contribution in [0, 0.1) is 0 Å². The minimum atomic E-state index is -0.187. The summed E-state index contributed by atoms with van der Waals surface area (Å²) in [5.41, 5.74) is 1.46. The van der Waals surface area contributed by atoms with Gasteiger partial charge in [0.1, 0.15) is 17.0 Å². The zero-order chi connectivity index (χ0) is 19.2. The van der Waals surface area contributed by atoms with Crippen molar-refractivity contribution in [1.29, 1.82) is 0 Å². The monoisotopic (exact) mass is 385 g/mol. The number of nitrogens with zero attached hydrogens (tertiary/aromatic N) is 2. The van der Waals surface area contributed by atoms with Crippen LogP contribution < -0.4 is 15.6 Å². The lowest BCUT2D eigenvalue weighted by atomic mass is 10.2. The van der Waals surface area contributed by atoms with Crippen molar-refractivity contribution in [3.8, 4) is 16.2 Å². The van der Waals surface area contributed by atoms with Gasteiger partial charge in [-0.25, -0.2) is 4.98 Å². The summed E-state index contributed by atoms with van der Waals surface area (Å²) >= 11 is 1.39. The molecule has 3 rings (SSSR count). The van der Waals surface area contributed by atoms with Gasteiger partial charge in [-0.15, -0.1) is 11.3 Å². The number of thiophene rings is 1. The highest BCUT2D eigenvalue weighted by molar-refractivity contribution is 7.22. The number of nitrogens with one attached hydrogen (secondary N) is 1. The van der Waals surface area contributed by atoms with E-state index in [1.54, 1.807) is 7.11 Å². The Morgan fingerprint density at radius 2 is 2.04 bits per heavy atom. The van der Waals surface area contributed by atoms with E-state index in [1.807, 2.05) is 30.3 Å². The van der Waals surface area contributed by atoms with Crippen molar-refractivity contribution in [3.63, 3.8) is 0 Å². The van der Waals surface area contributed by atoms with Crippen molar-refractivity contribution in [2.75, 3.05) is 13.7 Å². The summed E-state index contributed by atoms with van der Waals surface area (Å²) < 4.78 is 7.10. The number of benzene rings is 1. The number of rotatable bonds is 8. The van der Waals surface area contributed by atoms with Gasteiger partial charge in [0.25, 0.3) is 5.56 Å². The van der Waals surface area contributed by atoms with Crippen LogP contribution in [0.25, 0.3) is 20.7 Å². The van der Waals surface area contributed by atoms with Gasteiger partial charge in [0.2, 0.25) is 5.91 Å². The van der Waals surface area contributed by atoms with Crippen LogP contribution in [-0.4, -0.2) is 29.1 Å². The van der Waals surface area contributed by atoms with Gasteiger partial charge in [-0.05, 0) is 42.3 Å². The number of amides is 1. The van der Waals surface area contributed by atoms with E-state index in [0.717, 1.165) is 35.5 Å². The molecule has 0 saturated carbocycles. The van der Waals surface area contributed by atoms with Gasteiger partial charge in [-0.3, -0.25) is 14.2 Å². The average Bonchev–Trinajstić information content (AvgIpc) is 3.13. The Morgan fingerprint density at radius 3 is 2.74 bits per heavy atom. The van der Waals surface area contributed by atoms with E-state index < -0.39 is 0 Å². The molecule has 0 bridgehead atoms. The second-order valence-corrected chi connectivity index (χ2v) is 7.34. The molecule has 0 aliphatic heterocycles. The van der Waals surface area contributed by atoms with E-state index >= 15 is 0 Å². The number of carbonyl (C=O) groups excluding carboxylic acids is 1. The lowest BCUT2D eigenvalue weighted by molar-refractivity contribution is -0.121. The molecule has 0 spiro atoms. The fourth-order valence-electron chi connectivity index (χ4n) is 2.77. The first kappa shape index (κ1) is 19.1. The number of methoxy groups -OCH3 is 1. The molecule has 6 nitrogen and oxygen atoms in total. The molecule has 0 atom stereocenters. The minimum Gasteiger partial charge on any atom is -0.497 e. The van der Waals surface area contributed by atoms with Gasteiger partial charge in [-0.2, -0.15) is 0 Å². The Hall–Kier alpha value is -2.67. The van der Waals surface area contributed by atoms with Crippen LogP contribution in [0.15, 0.2) is 41.5 Å². The molecule has 0 aliphatic carbocycles. The number of fused-ring (bicyclic) bond motifs is 1. The molecule has 0 unspecified atom stereocenters. The molecule has 2 heterocycles. The van der Waals surface area contributed by atoms with E-state index in [-0.39, 0.29) is 18.0 Å². The predicted octanol–water partition coefficient (Wildman–Crippen LogP) is 3.44. The first-order chi connectivity index (χ1) is 13.1. The number of hydrogen-bond donors (Lipinski definition) is 1.